The minimum Gasteiger partial charge on any atom is -0.481 e. The Morgan fingerprint density at radius 2 is 1.54 bits per heavy atom. The average molecular weight is 483 g/mol. The van der Waals surface area contributed by atoms with Crippen LogP contribution < -0.4 is 10.6 Å². The zero-order chi connectivity index (χ0) is 25.5. The zero-order valence-electron chi connectivity index (χ0n) is 20.6. The number of hydrogen-bond acceptors (Lipinski definition) is 5. The van der Waals surface area contributed by atoms with Gasteiger partial charge in [0, 0.05) is 19.6 Å². The largest absolute Gasteiger partial charge is 0.481 e. The van der Waals surface area contributed by atoms with Crippen molar-refractivity contribution in [3.63, 3.8) is 0 Å². The first-order valence-corrected chi connectivity index (χ1v) is 11.9. The van der Waals surface area contributed by atoms with Gasteiger partial charge in [-0.3, -0.25) is 9.59 Å². The fraction of sp³-hybridized carbons (Fsp3) is 0.444. The van der Waals surface area contributed by atoms with Gasteiger partial charge in [-0.05, 0) is 41.5 Å². The smallest absolute Gasteiger partial charge is 0.407 e. The van der Waals surface area contributed by atoms with E-state index in [1.807, 2.05) is 50.2 Å². The van der Waals surface area contributed by atoms with Crippen molar-refractivity contribution in [2.45, 2.75) is 45.3 Å². The zero-order valence-corrected chi connectivity index (χ0v) is 20.6. The highest BCUT2D eigenvalue weighted by Crippen LogP contribution is 2.44. The molecule has 2 amide bonds. The molecule has 0 heterocycles. The Kier molecular flexibility index (Phi) is 8.87. The lowest BCUT2D eigenvalue weighted by atomic mass is 9.97. The number of carboxylic acids is 1. The normalized spacial score (nSPS) is 15.0. The van der Waals surface area contributed by atoms with Gasteiger partial charge in [-0.25, -0.2) is 4.79 Å². The molecule has 8 nitrogen and oxygen atoms in total. The number of carbonyl (C=O) groups is 3. The van der Waals surface area contributed by atoms with E-state index in [-0.39, 0.29) is 25.0 Å². The molecule has 0 fully saturated rings. The maximum Gasteiger partial charge on any atom is 0.407 e. The number of fused-ring (bicyclic) bond motifs is 3. The Morgan fingerprint density at radius 1 is 0.971 bits per heavy atom. The number of ether oxygens (including phenoxy) is 2. The van der Waals surface area contributed by atoms with Gasteiger partial charge in [0.05, 0.1) is 12.0 Å². The summed E-state index contributed by atoms with van der Waals surface area (Å²) in [5.74, 6) is -2.15. The van der Waals surface area contributed by atoms with Crippen LogP contribution in [-0.2, 0) is 19.1 Å². The summed E-state index contributed by atoms with van der Waals surface area (Å²) >= 11 is 0. The van der Waals surface area contributed by atoms with E-state index in [0.29, 0.717) is 6.42 Å². The molecule has 1 aliphatic carbocycles. The van der Waals surface area contributed by atoms with Gasteiger partial charge in [0.25, 0.3) is 0 Å². The highest BCUT2D eigenvalue weighted by molar-refractivity contribution is 5.86. The topological polar surface area (TPSA) is 114 Å². The summed E-state index contributed by atoms with van der Waals surface area (Å²) in [6.07, 6.45) is -0.961. The Labute approximate surface area is 206 Å². The predicted molar refractivity (Wildman–Crippen MR) is 132 cm³/mol. The first-order valence-electron chi connectivity index (χ1n) is 11.9. The molecule has 0 radical (unpaired) electrons. The van der Waals surface area contributed by atoms with E-state index in [4.69, 9.17) is 9.47 Å². The van der Waals surface area contributed by atoms with Crippen molar-refractivity contribution in [1.82, 2.24) is 10.6 Å². The molecule has 1 aliphatic rings. The van der Waals surface area contributed by atoms with Gasteiger partial charge in [0.15, 0.2) is 0 Å². The summed E-state index contributed by atoms with van der Waals surface area (Å²) < 4.78 is 10.8. The number of benzene rings is 2. The lowest BCUT2D eigenvalue weighted by molar-refractivity contribution is -0.142. The van der Waals surface area contributed by atoms with Crippen molar-refractivity contribution in [3.05, 3.63) is 59.7 Å². The van der Waals surface area contributed by atoms with Crippen molar-refractivity contribution < 1.29 is 29.0 Å². The summed E-state index contributed by atoms with van der Waals surface area (Å²) in [7, 11) is 1.43. The van der Waals surface area contributed by atoms with Crippen LogP contribution >= 0.6 is 0 Å². The third kappa shape index (κ3) is 6.39. The van der Waals surface area contributed by atoms with Crippen LogP contribution in [0.25, 0.3) is 11.1 Å². The molecule has 0 saturated carbocycles. The number of methoxy groups -OCH3 is 1. The molecule has 3 rings (SSSR count). The van der Waals surface area contributed by atoms with Crippen LogP contribution in [0.4, 0.5) is 4.79 Å². The van der Waals surface area contributed by atoms with Crippen molar-refractivity contribution in [3.8, 4) is 11.1 Å². The maximum atomic E-state index is 12.8. The van der Waals surface area contributed by atoms with Crippen LogP contribution in [0.1, 0.15) is 44.2 Å². The van der Waals surface area contributed by atoms with E-state index >= 15 is 0 Å². The third-order valence-electron chi connectivity index (χ3n) is 6.37. The molecule has 1 unspecified atom stereocenters. The number of nitrogens with one attached hydrogen (secondary N) is 2. The fourth-order valence-corrected chi connectivity index (χ4v) is 4.47. The van der Waals surface area contributed by atoms with Gasteiger partial charge in [-0.15, -0.1) is 0 Å². The Hall–Kier alpha value is -3.39. The molecular weight excluding hydrogens is 448 g/mol. The molecule has 3 N–H and O–H groups in total. The second kappa shape index (κ2) is 11.8. The van der Waals surface area contributed by atoms with E-state index in [2.05, 4.69) is 22.8 Å². The average Bonchev–Trinajstić information content (AvgIpc) is 3.16. The number of carboxylic acid groups (broad SMARTS) is 1. The molecule has 0 saturated heterocycles. The van der Waals surface area contributed by atoms with Gasteiger partial charge in [0.1, 0.15) is 12.6 Å². The summed E-state index contributed by atoms with van der Waals surface area (Å²) in [6.45, 7) is 5.58. The van der Waals surface area contributed by atoms with Crippen molar-refractivity contribution in [2.75, 3.05) is 20.3 Å². The molecule has 0 spiro atoms. The number of alkyl carbamates (subject to hydrolysis) is 1. The molecule has 0 aliphatic heterocycles. The third-order valence-corrected chi connectivity index (χ3v) is 6.37. The van der Waals surface area contributed by atoms with Crippen molar-refractivity contribution >= 4 is 18.0 Å². The molecule has 3 atom stereocenters. The Balaban J connectivity index is 1.63. The van der Waals surface area contributed by atoms with Crippen molar-refractivity contribution in [1.29, 1.82) is 0 Å². The van der Waals surface area contributed by atoms with Gasteiger partial charge >= 0.3 is 12.1 Å². The van der Waals surface area contributed by atoms with Gasteiger partial charge in [-0.1, -0.05) is 62.4 Å². The molecule has 2 aromatic rings. The van der Waals surface area contributed by atoms with E-state index in [1.165, 1.54) is 7.11 Å². The second-order valence-electron chi connectivity index (χ2n) is 9.30. The second-order valence-corrected chi connectivity index (χ2v) is 9.30. The van der Waals surface area contributed by atoms with Crippen LogP contribution in [0.15, 0.2) is 48.5 Å². The lowest BCUT2D eigenvalue weighted by Gasteiger charge is -2.24. The molecule has 0 aromatic heterocycles. The fourth-order valence-electron chi connectivity index (χ4n) is 4.47. The molecule has 188 valence electrons. The minimum atomic E-state index is -1.04. The summed E-state index contributed by atoms with van der Waals surface area (Å²) in [5, 5.41) is 14.7. The monoisotopic (exact) mass is 482 g/mol. The highest BCUT2D eigenvalue weighted by atomic mass is 16.5. The highest BCUT2D eigenvalue weighted by Gasteiger charge is 2.32. The summed E-state index contributed by atoms with van der Waals surface area (Å²) in [6, 6.07) is 15.0. The standard InChI is InChI=1S/C27H34N2O6/c1-16(2)13-18(26(31)32)14-28-25(30)24(17(3)34-4)29-27(33)35-15-23-21-11-7-5-9-19(21)20-10-6-8-12-22(20)23/h5-12,16-18,23-24H,13-15H2,1-4H3,(H,28,30)(H,29,33)(H,31,32)/t17-,18?,24+/m1/s1. The molecule has 2 aromatic carbocycles. The van der Waals surface area contributed by atoms with Crippen LogP contribution in [0.3, 0.4) is 0 Å². The Morgan fingerprint density at radius 3 is 2.06 bits per heavy atom. The first-order chi connectivity index (χ1) is 16.7. The van der Waals surface area contributed by atoms with E-state index < -0.39 is 36.0 Å². The number of amides is 2. The summed E-state index contributed by atoms with van der Waals surface area (Å²) in [5.41, 5.74) is 4.42. The number of aliphatic carboxylic acids is 1. The predicted octanol–water partition coefficient (Wildman–Crippen LogP) is 3.79. The molecule has 35 heavy (non-hydrogen) atoms. The van der Waals surface area contributed by atoms with Gasteiger partial charge in [-0.2, -0.15) is 0 Å². The Bertz CT molecular complexity index is 1010. The van der Waals surface area contributed by atoms with Crippen LogP contribution in [0.5, 0.6) is 0 Å². The number of rotatable bonds is 11. The molecule has 0 bridgehead atoms. The summed E-state index contributed by atoms with van der Waals surface area (Å²) in [4.78, 5) is 37.0. The van der Waals surface area contributed by atoms with Crippen LogP contribution in [0, 0.1) is 11.8 Å². The number of carbonyl (C=O) groups excluding carboxylic acids is 2. The number of hydrogen-bond donors (Lipinski definition) is 3. The minimum absolute atomic E-state index is 0.0361. The van der Waals surface area contributed by atoms with E-state index in [0.717, 1.165) is 22.3 Å². The quantitative estimate of drug-likeness (QED) is 0.449. The van der Waals surface area contributed by atoms with E-state index in [9.17, 15) is 19.5 Å². The van der Waals surface area contributed by atoms with Gasteiger partial charge in [0.2, 0.25) is 5.91 Å². The molecular formula is C27H34N2O6. The first kappa shape index (κ1) is 26.2. The van der Waals surface area contributed by atoms with E-state index in [1.54, 1.807) is 6.92 Å². The molecule has 8 heteroatoms. The van der Waals surface area contributed by atoms with Gasteiger partial charge < -0.3 is 25.2 Å². The lowest BCUT2D eigenvalue weighted by Crippen LogP contribution is -2.54. The van der Waals surface area contributed by atoms with Crippen molar-refractivity contribution in [2.24, 2.45) is 11.8 Å². The van der Waals surface area contributed by atoms with Crippen LogP contribution in [0.2, 0.25) is 0 Å². The van der Waals surface area contributed by atoms with Crippen LogP contribution in [-0.4, -0.2) is 55.5 Å². The SMILES string of the molecule is CO[C@H](C)[C@H](NC(=O)OCC1c2ccccc2-c2ccccc21)C(=O)NCC(CC(C)C)C(=O)O. The maximum absolute atomic E-state index is 12.8.